The van der Waals surface area contributed by atoms with Crippen molar-refractivity contribution in [2.24, 2.45) is 4.99 Å². The number of carbonyl (C=O) groups is 2. The van der Waals surface area contributed by atoms with Crippen LogP contribution in [0.15, 0.2) is 23.2 Å². The van der Waals surface area contributed by atoms with E-state index in [-0.39, 0.29) is 12.1 Å². The third-order valence-electron chi connectivity index (χ3n) is 2.69. The molecular weight excluding hydrogens is 262 g/mol. The zero-order valence-corrected chi connectivity index (χ0v) is 11.9. The maximum atomic E-state index is 11.6. The molecule has 0 aliphatic carbocycles. The van der Waals surface area contributed by atoms with Crippen molar-refractivity contribution in [2.45, 2.75) is 13.3 Å². The lowest BCUT2D eigenvalue weighted by molar-refractivity contribution is -0.140. The predicted molar refractivity (Wildman–Crippen MR) is 73.5 cm³/mol. The van der Waals surface area contributed by atoms with Crippen molar-refractivity contribution in [2.75, 3.05) is 21.3 Å². The van der Waals surface area contributed by atoms with Crippen molar-refractivity contribution in [3.8, 4) is 5.75 Å². The highest BCUT2D eigenvalue weighted by Gasteiger charge is 2.17. The molecular formula is C14H17NO5. The second-order valence-electron chi connectivity index (χ2n) is 3.91. The quantitative estimate of drug-likeness (QED) is 0.607. The van der Waals surface area contributed by atoms with Crippen LogP contribution in [0.5, 0.6) is 5.75 Å². The first kappa shape index (κ1) is 15.7. The number of esters is 2. The van der Waals surface area contributed by atoms with Crippen molar-refractivity contribution >= 4 is 23.3 Å². The molecule has 6 heteroatoms. The number of aliphatic imine (C=N–C) groups is 1. The summed E-state index contributed by atoms with van der Waals surface area (Å²) >= 11 is 0. The van der Waals surface area contributed by atoms with Crippen LogP contribution >= 0.6 is 0 Å². The molecule has 1 rings (SSSR count). The minimum Gasteiger partial charge on any atom is -0.496 e. The van der Waals surface area contributed by atoms with Gasteiger partial charge in [0.1, 0.15) is 11.5 Å². The summed E-state index contributed by atoms with van der Waals surface area (Å²) in [6.45, 7) is 1.81. The summed E-state index contributed by atoms with van der Waals surface area (Å²) in [5.41, 5.74) is 1.28. The van der Waals surface area contributed by atoms with E-state index >= 15 is 0 Å². The first-order valence-corrected chi connectivity index (χ1v) is 5.89. The molecule has 0 aliphatic heterocycles. The number of carbonyl (C=O) groups excluding carboxylic acids is 2. The molecule has 1 aromatic rings. The van der Waals surface area contributed by atoms with Gasteiger partial charge >= 0.3 is 11.9 Å². The van der Waals surface area contributed by atoms with Crippen molar-refractivity contribution in [3.63, 3.8) is 0 Å². The first-order chi connectivity index (χ1) is 9.53. The van der Waals surface area contributed by atoms with Gasteiger partial charge < -0.3 is 14.2 Å². The van der Waals surface area contributed by atoms with Gasteiger partial charge in [-0.1, -0.05) is 6.07 Å². The Bertz CT molecular complexity index is 536. The van der Waals surface area contributed by atoms with Crippen molar-refractivity contribution in [1.82, 2.24) is 0 Å². The van der Waals surface area contributed by atoms with Gasteiger partial charge in [-0.15, -0.1) is 0 Å². The van der Waals surface area contributed by atoms with Crippen LogP contribution in [0.3, 0.4) is 0 Å². The van der Waals surface area contributed by atoms with E-state index in [0.717, 1.165) is 5.56 Å². The number of nitrogens with zero attached hydrogens (tertiary/aromatic N) is 1. The number of methoxy groups -OCH3 is 3. The maximum absolute atomic E-state index is 11.6. The monoisotopic (exact) mass is 279 g/mol. The lowest BCUT2D eigenvalue weighted by Gasteiger charge is -2.08. The van der Waals surface area contributed by atoms with Crippen molar-refractivity contribution in [1.29, 1.82) is 0 Å². The summed E-state index contributed by atoms with van der Waals surface area (Å²) < 4.78 is 14.3. The fourth-order valence-electron chi connectivity index (χ4n) is 1.57. The Hall–Kier alpha value is -2.37. The topological polar surface area (TPSA) is 74.2 Å². The molecule has 0 unspecified atom stereocenters. The van der Waals surface area contributed by atoms with Gasteiger partial charge in [-0.05, 0) is 19.1 Å². The van der Waals surface area contributed by atoms with E-state index in [4.69, 9.17) is 4.74 Å². The van der Waals surface area contributed by atoms with Crippen molar-refractivity contribution < 1.29 is 23.8 Å². The van der Waals surface area contributed by atoms with Gasteiger partial charge in [0.15, 0.2) is 0 Å². The summed E-state index contributed by atoms with van der Waals surface area (Å²) in [5.74, 6) is -0.583. The summed E-state index contributed by atoms with van der Waals surface area (Å²) in [7, 11) is 4.02. The number of hydrogen-bond acceptors (Lipinski definition) is 6. The summed E-state index contributed by atoms with van der Waals surface area (Å²) in [6.07, 6.45) is -0.250. The highest BCUT2D eigenvalue weighted by molar-refractivity contribution is 6.39. The van der Waals surface area contributed by atoms with Crippen LogP contribution in [0.4, 0.5) is 5.69 Å². The molecule has 20 heavy (non-hydrogen) atoms. The number of rotatable bonds is 5. The normalized spacial score (nSPS) is 10.9. The predicted octanol–water partition coefficient (Wildman–Crippen LogP) is 1.81. The van der Waals surface area contributed by atoms with Crippen LogP contribution < -0.4 is 4.74 Å². The van der Waals surface area contributed by atoms with E-state index in [0.29, 0.717) is 11.4 Å². The van der Waals surface area contributed by atoms with E-state index < -0.39 is 11.9 Å². The summed E-state index contributed by atoms with van der Waals surface area (Å²) in [4.78, 5) is 27.1. The lowest BCUT2D eigenvalue weighted by atomic mass is 10.1. The Morgan fingerprint density at radius 2 is 1.85 bits per heavy atom. The third-order valence-corrected chi connectivity index (χ3v) is 2.69. The molecule has 0 atom stereocenters. The second-order valence-corrected chi connectivity index (χ2v) is 3.91. The second kappa shape index (κ2) is 7.28. The van der Waals surface area contributed by atoms with Gasteiger partial charge in [-0.3, -0.25) is 4.79 Å². The minimum absolute atomic E-state index is 0.0179. The molecule has 0 radical (unpaired) electrons. The average Bonchev–Trinajstić information content (AvgIpc) is 2.47. The molecule has 0 aromatic heterocycles. The molecule has 0 bridgehead atoms. The van der Waals surface area contributed by atoms with Gasteiger partial charge in [0, 0.05) is 5.56 Å². The van der Waals surface area contributed by atoms with Gasteiger partial charge in [-0.2, -0.15) is 0 Å². The fraction of sp³-hybridized carbons (Fsp3) is 0.357. The van der Waals surface area contributed by atoms with Crippen LogP contribution in [0.1, 0.15) is 12.0 Å². The highest BCUT2D eigenvalue weighted by atomic mass is 16.5. The van der Waals surface area contributed by atoms with Crippen LogP contribution in [0, 0.1) is 6.92 Å². The van der Waals surface area contributed by atoms with E-state index in [1.54, 1.807) is 25.3 Å². The Kier molecular flexibility index (Phi) is 5.71. The Balaban J connectivity index is 3.19. The van der Waals surface area contributed by atoms with Crippen LogP contribution in [0.25, 0.3) is 0 Å². The molecule has 0 spiro atoms. The first-order valence-electron chi connectivity index (χ1n) is 5.89. The van der Waals surface area contributed by atoms with E-state index in [1.165, 1.54) is 14.2 Å². The molecule has 0 N–H and O–H groups in total. The zero-order valence-electron chi connectivity index (χ0n) is 11.9. The Labute approximate surface area is 117 Å². The number of ether oxygens (including phenoxy) is 3. The van der Waals surface area contributed by atoms with Gasteiger partial charge in [0.2, 0.25) is 0 Å². The van der Waals surface area contributed by atoms with Crippen LogP contribution in [-0.2, 0) is 19.1 Å². The third kappa shape index (κ3) is 3.81. The van der Waals surface area contributed by atoms with E-state index in [2.05, 4.69) is 14.5 Å². The van der Waals surface area contributed by atoms with E-state index in [1.807, 2.05) is 6.92 Å². The van der Waals surface area contributed by atoms with Crippen LogP contribution in [0.2, 0.25) is 0 Å². The van der Waals surface area contributed by atoms with Gasteiger partial charge in [0.25, 0.3) is 0 Å². The lowest BCUT2D eigenvalue weighted by Crippen LogP contribution is -2.20. The van der Waals surface area contributed by atoms with Crippen LogP contribution in [-0.4, -0.2) is 39.0 Å². The smallest absolute Gasteiger partial charge is 0.353 e. The summed E-state index contributed by atoms with van der Waals surface area (Å²) in [5, 5.41) is 0. The minimum atomic E-state index is -0.669. The molecule has 0 aliphatic rings. The zero-order chi connectivity index (χ0) is 15.1. The molecule has 0 amide bonds. The van der Waals surface area contributed by atoms with Gasteiger partial charge in [0.05, 0.1) is 33.4 Å². The largest absolute Gasteiger partial charge is 0.496 e. The Morgan fingerprint density at radius 3 is 2.40 bits per heavy atom. The molecule has 0 saturated carbocycles. The molecule has 108 valence electrons. The van der Waals surface area contributed by atoms with Crippen molar-refractivity contribution in [3.05, 3.63) is 23.8 Å². The molecule has 6 nitrogen and oxygen atoms in total. The standard InChI is InChI=1S/C14H17NO5/c1-9-10(6-5-7-12(9)18-2)15-11(14(17)20-4)8-13(16)19-3/h5-7H,8H2,1-4H3. The molecule has 0 heterocycles. The highest BCUT2D eigenvalue weighted by Crippen LogP contribution is 2.27. The van der Waals surface area contributed by atoms with E-state index in [9.17, 15) is 9.59 Å². The Morgan fingerprint density at radius 1 is 1.15 bits per heavy atom. The number of hydrogen-bond donors (Lipinski definition) is 0. The molecule has 0 fully saturated rings. The molecule has 1 aromatic carbocycles. The average molecular weight is 279 g/mol. The fourth-order valence-corrected chi connectivity index (χ4v) is 1.57. The SMILES string of the molecule is COC(=O)CC(=Nc1cccc(OC)c1C)C(=O)OC. The summed E-state index contributed by atoms with van der Waals surface area (Å²) in [6, 6.07) is 5.25. The molecule has 0 saturated heterocycles. The number of benzene rings is 1. The maximum Gasteiger partial charge on any atom is 0.353 e. The van der Waals surface area contributed by atoms with Gasteiger partial charge in [-0.25, -0.2) is 9.79 Å².